The molecule has 146 valence electrons. The quantitative estimate of drug-likeness (QED) is 0.773. The second kappa shape index (κ2) is 9.03. The highest BCUT2D eigenvalue weighted by Gasteiger charge is 2.27. The van der Waals surface area contributed by atoms with Crippen LogP contribution in [0, 0.1) is 5.92 Å². The number of para-hydroxylation sites is 2. The van der Waals surface area contributed by atoms with Crippen LogP contribution < -0.4 is 10.5 Å². The summed E-state index contributed by atoms with van der Waals surface area (Å²) in [5.41, 5.74) is 5.56. The molecule has 7 heteroatoms. The molecule has 2 aromatic carbocycles. The van der Waals surface area contributed by atoms with Gasteiger partial charge in [0.25, 0.3) is 5.91 Å². The Labute approximate surface area is 163 Å². The van der Waals surface area contributed by atoms with E-state index < -0.39 is 18.5 Å². The number of likely N-dealkylation sites (tertiary alicyclic amines) is 1. The normalized spacial score (nSPS) is 16.3. The minimum atomic E-state index is -0.650. The molecule has 1 aliphatic heterocycles. The van der Waals surface area contributed by atoms with Gasteiger partial charge in [0.05, 0.1) is 5.92 Å². The molecule has 7 nitrogen and oxygen atoms in total. The summed E-state index contributed by atoms with van der Waals surface area (Å²) >= 11 is 0. The summed E-state index contributed by atoms with van der Waals surface area (Å²) < 4.78 is 10.9. The average molecular weight is 382 g/mol. The molecule has 2 amide bonds. The van der Waals surface area contributed by atoms with Crippen LogP contribution >= 0.6 is 0 Å². The van der Waals surface area contributed by atoms with Gasteiger partial charge in [-0.15, -0.1) is 0 Å². The highest BCUT2D eigenvalue weighted by Crippen LogP contribution is 2.25. The number of benzene rings is 2. The SMILES string of the molecule is NC(=O)[C@H]1CCCN(C(=O)COC(=O)c2ccccc2Oc2ccccc2)C1. The highest BCUT2D eigenvalue weighted by atomic mass is 16.5. The number of esters is 1. The topological polar surface area (TPSA) is 98.9 Å². The van der Waals surface area contributed by atoms with E-state index in [1.807, 2.05) is 18.2 Å². The summed E-state index contributed by atoms with van der Waals surface area (Å²) in [4.78, 5) is 37.7. The third-order valence-corrected chi connectivity index (χ3v) is 4.58. The van der Waals surface area contributed by atoms with Crippen LogP contribution in [0.5, 0.6) is 11.5 Å². The Bertz CT molecular complexity index is 853. The van der Waals surface area contributed by atoms with Gasteiger partial charge in [0.15, 0.2) is 6.61 Å². The smallest absolute Gasteiger partial charge is 0.342 e. The highest BCUT2D eigenvalue weighted by molar-refractivity contribution is 5.94. The summed E-state index contributed by atoms with van der Waals surface area (Å²) in [5, 5.41) is 0. The number of hydrogen-bond donors (Lipinski definition) is 1. The van der Waals surface area contributed by atoms with Crippen LogP contribution in [-0.4, -0.2) is 42.4 Å². The van der Waals surface area contributed by atoms with Gasteiger partial charge in [-0.05, 0) is 37.1 Å². The first-order valence-electron chi connectivity index (χ1n) is 9.10. The van der Waals surface area contributed by atoms with Crippen molar-refractivity contribution in [3.8, 4) is 11.5 Å². The van der Waals surface area contributed by atoms with Crippen LogP contribution in [0.15, 0.2) is 54.6 Å². The Hall–Kier alpha value is -3.35. The summed E-state index contributed by atoms with van der Waals surface area (Å²) in [6.45, 7) is 0.386. The lowest BCUT2D eigenvalue weighted by Crippen LogP contribution is -2.45. The Balaban J connectivity index is 1.61. The van der Waals surface area contributed by atoms with Crippen molar-refractivity contribution in [1.29, 1.82) is 0 Å². The van der Waals surface area contributed by atoms with Crippen molar-refractivity contribution in [2.24, 2.45) is 11.7 Å². The first kappa shape index (κ1) is 19.4. The van der Waals surface area contributed by atoms with Crippen LogP contribution in [0.25, 0.3) is 0 Å². The summed E-state index contributed by atoms with van der Waals surface area (Å²) in [7, 11) is 0. The molecule has 2 N–H and O–H groups in total. The van der Waals surface area contributed by atoms with Gasteiger partial charge in [-0.25, -0.2) is 4.79 Å². The number of piperidine rings is 1. The fraction of sp³-hybridized carbons (Fsp3) is 0.286. The summed E-state index contributed by atoms with van der Waals surface area (Å²) in [5.74, 6) is -0.832. The second-order valence-electron chi connectivity index (χ2n) is 6.57. The number of hydrogen-bond acceptors (Lipinski definition) is 5. The van der Waals surface area contributed by atoms with Crippen molar-refractivity contribution in [3.05, 3.63) is 60.2 Å². The number of rotatable bonds is 6. The Morgan fingerprint density at radius 1 is 1.04 bits per heavy atom. The zero-order valence-corrected chi connectivity index (χ0v) is 15.4. The Morgan fingerprint density at radius 3 is 2.50 bits per heavy atom. The predicted molar refractivity (Wildman–Crippen MR) is 102 cm³/mol. The van der Waals surface area contributed by atoms with Gasteiger partial charge in [0.2, 0.25) is 5.91 Å². The van der Waals surface area contributed by atoms with Crippen molar-refractivity contribution >= 4 is 17.8 Å². The van der Waals surface area contributed by atoms with E-state index in [-0.39, 0.29) is 23.9 Å². The van der Waals surface area contributed by atoms with Crippen molar-refractivity contribution in [3.63, 3.8) is 0 Å². The number of nitrogens with two attached hydrogens (primary N) is 1. The van der Waals surface area contributed by atoms with E-state index in [1.54, 1.807) is 36.4 Å². The molecule has 0 unspecified atom stereocenters. The standard InChI is InChI=1S/C21H22N2O5/c22-20(25)15-7-6-12-23(13-15)19(24)14-27-21(26)17-10-4-5-11-18(17)28-16-8-2-1-3-9-16/h1-5,8-11,15H,6-7,12-14H2,(H2,22,25)/t15-/m0/s1. The third-order valence-electron chi connectivity index (χ3n) is 4.58. The number of amides is 2. The van der Waals surface area contributed by atoms with Crippen molar-refractivity contribution < 1.29 is 23.9 Å². The molecule has 1 aliphatic rings. The van der Waals surface area contributed by atoms with Gasteiger partial charge in [-0.3, -0.25) is 9.59 Å². The molecule has 0 radical (unpaired) electrons. The Kier molecular flexibility index (Phi) is 6.26. The van der Waals surface area contributed by atoms with Crippen LogP contribution in [-0.2, 0) is 14.3 Å². The van der Waals surface area contributed by atoms with Crippen LogP contribution in [0.4, 0.5) is 0 Å². The fourth-order valence-electron chi connectivity index (χ4n) is 3.07. The van der Waals surface area contributed by atoms with E-state index in [2.05, 4.69) is 0 Å². The molecule has 0 aliphatic carbocycles. The molecular formula is C21H22N2O5. The van der Waals surface area contributed by atoms with E-state index in [1.165, 1.54) is 4.90 Å². The maximum absolute atomic E-state index is 12.5. The summed E-state index contributed by atoms with van der Waals surface area (Å²) in [6, 6.07) is 15.7. The van der Waals surface area contributed by atoms with E-state index >= 15 is 0 Å². The van der Waals surface area contributed by atoms with Gasteiger partial charge < -0.3 is 20.1 Å². The van der Waals surface area contributed by atoms with E-state index in [9.17, 15) is 14.4 Å². The molecule has 28 heavy (non-hydrogen) atoms. The number of carbonyl (C=O) groups is 3. The molecule has 0 saturated carbocycles. The number of ether oxygens (including phenoxy) is 2. The van der Waals surface area contributed by atoms with Gasteiger partial charge in [-0.1, -0.05) is 30.3 Å². The molecule has 3 rings (SSSR count). The maximum Gasteiger partial charge on any atom is 0.342 e. The van der Waals surface area contributed by atoms with Crippen LogP contribution in [0.2, 0.25) is 0 Å². The van der Waals surface area contributed by atoms with Gasteiger partial charge >= 0.3 is 5.97 Å². The first-order chi connectivity index (χ1) is 13.5. The minimum Gasteiger partial charge on any atom is -0.456 e. The van der Waals surface area contributed by atoms with Crippen molar-refractivity contribution in [2.75, 3.05) is 19.7 Å². The first-order valence-corrected chi connectivity index (χ1v) is 9.10. The number of carbonyl (C=O) groups excluding carboxylic acids is 3. The molecule has 2 aromatic rings. The maximum atomic E-state index is 12.5. The van der Waals surface area contributed by atoms with Crippen molar-refractivity contribution in [1.82, 2.24) is 4.90 Å². The largest absolute Gasteiger partial charge is 0.456 e. The second-order valence-corrected chi connectivity index (χ2v) is 6.57. The van der Waals surface area contributed by atoms with Gasteiger partial charge in [0.1, 0.15) is 17.1 Å². The van der Waals surface area contributed by atoms with Crippen molar-refractivity contribution in [2.45, 2.75) is 12.8 Å². The lowest BCUT2D eigenvalue weighted by Gasteiger charge is -2.31. The zero-order chi connectivity index (χ0) is 19.9. The molecule has 0 spiro atoms. The zero-order valence-electron chi connectivity index (χ0n) is 15.4. The molecule has 1 fully saturated rings. The number of nitrogens with zero attached hydrogens (tertiary/aromatic N) is 1. The van der Waals surface area contributed by atoms with Gasteiger partial charge in [0, 0.05) is 13.1 Å². The van der Waals surface area contributed by atoms with Crippen LogP contribution in [0.3, 0.4) is 0 Å². The molecule has 1 saturated heterocycles. The summed E-state index contributed by atoms with van der Waals surface area (Å²) in [6.07, 6.45) is 1.37. The average Bonchev–Trinajstić information content (AvgIpc) is 2.73. The number of primary amides is 1. The molecular weight excluding hydrogens is 360 g/mol. The third kappa shape index (κ3) is 4.88. The fourth-order valence-corrected chi connectivity index (χ4v) is 3.07. The Morgan fingerprint density at radius 2 is 1.75 bits per heavy atom. The minimum absolute atomic E-state index is 0.229. The van der Waals surface area contributed by atoms with E-state index in [0.29, 0.717) is 30.9 Å². The van der Waals surface area contributed by atoms with E-state index in [0.717, 1.165) is 0 Å². The molecule has 1 atom stereocenters. The predicted octanol–water partition coefficient (Wildman–Crippen LogP) is 2.36. The molecule has 1 heterocycles. The van der Waals surface area contributed by atoms with Crippen LogP contribution in [0.1, 0.15) is 23.2 Å². The molecule has 0 aromatic heterocycles. The van der Waals surface area contributed by atoms with Gasteiger partial charge in [-0.2, -0.15) is 0 Å². The lowest BCUT2D eigenvalue weighted by molar-refractivity contribution is -0.137. The lowest BCUT2D eigenvalue weighted by atomic mass is 9.97. The van der Waals surface area contributed by atoms with E-state index in [4.69, 9.17) is 15.2 Å². The molecule has 0 bridgehead atoms. The monoisotopic (exact) mass is 382 g/mol.